The van der Waals surface area contributed by atoms with Crippen LogP contribution >= 0.6 is 0 Å². The predicted molar refractivity (Wildman–Crippen MR) is 80.1 cm³/mol. The van der Waals surface area contributed by atoms with E-state index in [-0.39, 0.29) is 11.7 Å². The molecule has 0 aliphatic rings. The highest BCUT2D eigenvalue weighted by molar-refractivity contribution is 6.05. The molecule has 110 valence electrons. The van der Waals surface area contributed by atoms with Crippen LogP contribution in [0.1, 0.15) is 15.9 Å². The maximum Gasteiger partial charge on any atom is 0.255 e. The number of hydrogen-bond acceptors (Lipinski definition) is 3. The minimum atomic E-state index is -0.420. The maximum absolute atomic E-state index is 13.1. The van der Waals surface area contributed by atoms with Crippen molar-refractivity contribution in [1.82, 2.24) is 0 Å². The normalized spacial score (nSPS) is 10.2. The number of nitrogens with one attached hydrogen (secondary N) is 1. The summed E-state index contributed by atoms with van der Waals surface area (Å²) < 4.78 is 18.2. The molecule has 1 amide bonds. The largest absolute Gasteiger partial charge is 0.494 e. The Morgan fingerprint density at radius 3 is 2.57 bits per heavy atom. The first-order valence-corrected chi connectivity index (χ1v) is 6.58. The van der Waals surface area contributed by atoms with E-state index in [4.69, 9.17) is 10.5 Å². The van der Waals surface area contributed by atoms with Gasteiger partial charge in [-0.25, -0.2) is 4.39 Å². The molecule has 3 N–H and O–H groups in total. The standard InChI is InChI=1S/C16H17FN2O2/c1-21-15-10-13(17)6-7-14(15)19-16(20)12-4-2-11(3-5-12)8-9-18/h2-7,10H,8-9,18H2,1H3,(H,19,20). The molecular weight excluding hydrogens is 271 g/mol. The molecule has 2 aromatic rings. The van der Waals surface area contributed by atoms with E-state index < -0.39 is 5.82 Å². The minimum absolute atomic E-state index is 0.279. The van der Waals surface area contributed by atoms with Crippen LogP contribution in [0.2, 0.25) is 0 Å². The molecule has 0 heterocycles. The van der Waals surface area contributed by atoms with Crippen LogP contribution in [0.4, 0.5) is 10.1 Å². The van der Waals surface area contributed by atoms with Gasteiger partial charge in [0.25, 0.3) is 5.91 Å². The molecule has 0 aliphatic carbocycles. The zero-order valence-corrected chi connectivity index (χ0v) is 11.7. The Morgan fingerprint density at radius 2 is 1.95 bits per heavy atom. The Labute approximate surface area is 122 Å². The molecule has 0 bridgehead atoms. The summed E-state index contributed by atoms with van der Waals surface area (Å²) in [5.41, 5.74) is 7.50. The van der Waals surface area contributed by atoms with Crippen LogP contribution < -0.4 is 15.8 Å². The number of ether oxygens (including phenoxy) is 1. The lowest BCUT2D eigenvalue weighted by Crippen LogP contribution is -2.13. The molecule has 0 saturated heterocycles. The van der Waals surface area contributed by atoms with Crippen molar-refractivity contribution in [2.24, 2.45) is 5.73 Å². The van der Waals surface area contributed by atoms with Crippen molar-refractivity contribution in [3.63, 3.8) is 0 Å². The van der Waals surface area contributed by atoms with Gasteiger partial charge in [0.05, 0.1) is 12.8 Å². The zero-order valence-electron chi connectivity index (χ0n) is 11.7. The van der Waals surface area contributed by atoms with E-state index in [0.29, 0.717) is 17.8 Å². The third-order valence-electron chi connectivity index (χ3n) is 3.06. The second-order valence-corrected chi connectivity index (χ2v) is 4.53. The summed E-state index contributed by atoms with van der Waals surface area (Å²) in [4.78, 5) is 12.2. The summed E-state index contributed by atoms with van der Waals surface area (Å²) in [7, 11) is 1.42. The van der Waals surface area contributed by atoms with Crippen molar-refractivity contribution >= 4 is 11.6 Å². The van der Waals surface area contributed by atoms with Crippen LogP contribution in [0, 0.1) is 5.82 Å². The van der Waals surface area contributed by atoms with E-state index in [2.05, 4.69) is 5.32 Å². The Balaban J connectivity index is 2.14. The van der Waals surface area contributed by atoms with Crippen LogP contribution in [-0.4, -0.2) is 19.6 Å². The quantitative estimate of drug-likeness (QED) is 0.888. The van der Waals surface area contributed by atoms with Gasteiger partial charge >= 0.3 is 0 Å². The molecule has 0 atom stereocenters. The lowest BCUT2D eigenvalue weighted by atomic mass is 10.1. The molecule has 2 rings (SSSR count). The van der Waals surface area contributed by atoms with E-state index in [1.54, 1.807) is 12.1 Å². The smallest absolute Gasteiger partial charge is 0.255 e. The van der Waals surface area contributed by atoms with Crippen LogP contribution in [0.15, 0.2) is 42.5 Å². The Hall–Kier alpha value is -2.40. The zero-order chi connectivity index (χ0) is 15.2. The first-order chi connectivity index (χ1) is 10.1. The fourth-order valence-electron chi connectivity index (χ4n) is 1.95. The van der Waals surface area contributed by atoms with Crippen molar-refractivity contribution < 1.29 is 13.9 Å². The topological polar surface area (TPSA) is 64.3 Å². The van der Waals surface area contributed by atoms with Gasteiger partial charge in [0.1, 0.15) is 11.6 Å². The molecule has 21 heavy (non-hydrogen) atoms. The van der Waals surface area contributed by atoms with Crippen LogP contribution in [0.25, 0.3) is 0 Å². The lowest BCUT2D eigenvalue weighted by Gasteiger charge is -2.10. The van der Waals surface area contributed by atoms with Crippen molar-refractivity contribution in [3.8, 4) is 5.75 Å². The fraction of sp³-hybridized carbons (Fsp3) is 0.188. The average Bonchev–Trinajstić information content (AvgIpc) is 2.50. The number of hydrogen-bond donors (Lipinski definition) is 2. The molecule has 5 heteroatoms. The Morgan fingerprint density at radius 1 is 1.24 bits per heavy atom. The molecule has 0 aliphatic heterocycles. The molecule has 0 radical (unpaired) electrons. The van der Waals surface area contributed by atoms with Crippen LogP contribution in [0.5, 0.6) is 5.75 Å². The van der Waals surface area contributed by atoms with E-state index in [1.807, 2.05) is 12.1 Å². The maximum atomic E-state index is 13.1. The van der Waals surface area contributed by atoms with Crippen molar-refractivity contribution in [2.45, 2.75) is 6.42 Å². The first-order valence-electron chi connectivity index (χ1n) is 6.58. The van der Waals surface area contributed by atoms with Gasteiger partial charge in [0.2, 0.25) is 0 Å². The molecule has 0 saturated carbocycles. The number of halogens is 1. The number of carbonyl (C=O) groups is 1. The third-order valence-corrected chi connectivity index (χ3v) is 3.06. The first kappa shape index (κ1) is 15.0. The van der Waals surface area contributed by atoms with E-state index >= 15 is 0 Å². The number of anilines is 1. The number of methoxy groups -OCH3 is 1. The molecule has 0 spiro atoms. The average molecular weight is 288 g/mol. The van der Waals surface area contributed by atoms with E-state index in [1.165, 1.54) is 25.3 Å². The number of benzene rings is 2. The highest BCUT2D eigenvalue weighted by Gasteiger charge is 2.10. The summed E-state index contributed by atoms with van der Waals surface area (Å²) >= 11 is 0. The van der Waals surface area contributed by atoms with Gasteiger partial charge in [0.15, 0.2) is 0 Å². The molecule has 0 unspecified atom stereocenters. The van der Waals surface area contributed by atoms with E-state index in [9.17, 15) is 9.18 Å². The van der Waals surface area contributed by atoms with E-state index in [0.717, 1.165) is 12.0 Å². The van der Waals surface area contributed by atoms with Crippen molar-refractivity contribution in [1.29, 1.82) is 0 Å². The third kappa shape index (κ3) is 3.79. The molecular formula is C16H17FN2O2. The van der Waals surface area contributed by atoms with Gasteiger partial charge in [-0.05, 0) is 42.8 Å². The Bertz CT molecular complexity index is 627. The highest BCUT2D eigenvalue weighted by Crippen LogP contribution is 2.25. The summed E-state index contributed by atoms with van der Waals surface area (Å²) in [5, 5.41) is 2.70. The van der Waals surface area contributed by atoms with Gasteiger partial charge in [-0.3, -0.25) is 4.79 Å². The number of nitrogens with two attached hydrogens (primary N) is 1. The van der Waals surface area contributed by atoms with Crippen molar-refractivity contribution in [3.05, 3.63) is 59.4 Å². The summed E-state index contributed by atoms with van der Waals surface area (Å²) in [6.07, 6.45) is 0.772. The van der Waals surface area contributed by atoms with Crippen LogP contribution in [0.3, 0.4) is 0 Å². The predicted octanol–water partition coefficient (Wildman–Crippen LogP) is 2.59. The minimum Gasteiger partial charge on any atom is -0.494 e. The monoisotopic (exact) mass is 288 g/mol. The summed E-state index contributed by atoms with van der Waals surface area (Å²) in [6, 6.07) is 11.2. The van der Waals surface area contributed by atoms with Gasteiger partial charge in [-0.1, -0.05) is 12.1 Å². The summed E-state index contributed by atoms with van der Waals surface area (Å²) in [6.45, 7) is 0.568. The Kier molecular flexibility index (Phi) is 4.90. The van der Waals surface area contributed by atoms with Crippen molar-refractivity contribution in [2.75, 3.05) is 19.0 Å². The second-order valence-electron chi connectivity index (χ2n) is 4.53. The van der Waals surface area contributed by atoms with Gasteiger partial charge in [-0.2, -0.15) is 0 Å². The van der Waals surface area contributed by atoms with Gasteiger partial charge in [0, 0.05) is 11.6 Å². The molecule has 0 aromatic heterocycles. The molecule has 0 fully saturated rings. The summed E-state index contributed by atoms with van der Waals surface area (Å²) in [5.74, 6) is -0.418. The molecule has 4 nitrogen and oxygen atoms in total. The lowest BCUT2D eigenvalue weighted by molar-refractivity contribution is 0.102. The number of rotatable bonds is 5. The fourth-order valence-corrected chi connectivity index (χ4v) is 1.95. The number of carbonyl (C=O) groups excluding carboxylic acids is 1. The highest BCUT2D eigenvalue weighted by atomic mass is 19.1. The van der Waals surface area contributed by atoms with Crippen LogP contribution in [-0.2, 0) is 6.42 Å². The SMILES string of the molecule is COc1cc(F)ccc1NC(=O)c1ccc(CCN)cc1. The second kappa shape index (κ2) is 6.85. The molecule has 2 aromatic carbocycles. The number of amides is 1. The van der Waals surface area contributed by atoms with Gasteiger partial charge < -0.3 is 15.8 Å². The van der Waals surface area contributed by atoms with Gasteiger partial charge in [-0.15, -0.1) is 0 Å².